The summed E-state index contributed by atoms with van der Waals surface area (Å²) in [5.41, 5.74) is 3.31. The van der Waals surface area contributed by atoms with Crippen molar-refractivity contribution in [2.75, 3.05) is 16.6 Å². The van der Waals surface area contributed by atoms with Crippen LogP contribution in [0.15, 0.2) is 93.7 Å². The number of furan rings is 1. The van der Waals surface area contributed by atoms with E-state index in [2.05, 4.69) is 10.0 Å². The molecule has 4 aromatic rings. The number of sulfonamides is 1. The first-order chi connectivity index (χ1) is 19.6. The lowest BCUT2D eigenvalue weighted by Gasteiger charge is -2.13. The molecule has 0 aliphatic rings. The summed E-state index contributed by atoms with van der Waals surface area (Å²) < 4.78 is 39.2. The Morgan fingerprint density at radius 3 is 2.22 bits per heavy atom. The fraction of sp³-hybridized carbons (Fsp3) is 0.129. The molecule has 2 N–H and O–H groups in total. The maximum Gasteiger partial charge on any atom is 0.338 e. The summed E-state index contributed by atoms with van der Waals surface area (Å²) in [6.45, 7) is 5.65. The Labute approximate surface area is 238 Å². The van der Waals surface area contributed by atoms with Gasteiger partial charge in [-0.25, -0.2) is 13.2 Å². The molecule has 0 saturated heterocycles. The van der Waals surface area contributed by atoms with Crippen molar-refractivity contribution in [1.29, 1.82) is 5.26 Å². The molecule has 1 heterocycles. The maximum absolute atomic E-state index is 12.9. The Hall–Kier alpha value is -5.14. The first kappa shape index (κ1) is 28.9. The van der Waals surface area contributed by atoms with Crippen LogP contribution in [0, 0.1) is 25.2 Å². The van der Waals surface area contributed by atoms with E-state index in [1.54, 1.807) is 43.3 Å². The minimum Gasteiger partial charge on any atom is -0.462 e. The monoisotopic (exact) mass is 569 g/mol. The Kier molecular flexibility index (Phi) is 8.70. The van der Waals surface area contributed by atoms with E-state index in [-0.39, 0.29) is 22.8 Å². The van der Waals surface area contributed by atoms with E-state index in [9.17, 15) is 23.3 Å². The number of nitrogens with one attached hydrogen (secondary N) is 2. The lowest BCUT2D eigenvalue weighted by Crippen LogP contribution is -2.16. The van der Waals surface area contributed by atoms with Gasteiger partial charge in [0.1, 0.15) is 23.2 Å². The molecule has 0 aliphatic heterocycles. The van der Waals surface area contributed by atoms with Crippen LogP contribution in [-0.2, 0) is 19.6 Å². The summed E-state index contributed by atoms with van der Waals surface area (Å²) in [4.78, 5) is 24.6. The summed E-state index contributed by atoms with van der Waals surface area (Å²) in [6, 6.07) is 22.9. The zero-order valence-electron chi connectivity index (χ0n) is 22.6. The number of para-hydroxylation sites is 1. The fourth-order valence-corrected chi connectivity index (χ4v) is 5.15. The number of nitriles is 1. The van der Waals surface area contributed by atoms with E-state index in [1.165, 1.54) is 30.3 Å². The third-order valence-corrected chi connectivity index (χ3v) is 7.46. The van der Waals surface area contributed by atoms with Crippen LogP contribution < -0.4 is 10.0 Å². The van der Waals surface area contributed by atoms with Gasteiger partial charge in [0.25, 0.3) is 15.9 Å². The van der Waals surface area contributed by atoms with Gasteiger partial charge in [0.15, 0.2) is 0 Å². The van der Waals surface area contributed by atoms with Gasteiger partial charge in [-0.3, -0.25) is 9.52 Å². The Bertz CT molecular complexity index is 1740. The summed E-state index contributed by atoms with van der Waals surface area (Å²) in [7, 11) is -3.86. The smallest absolute Gasteiger partial charge is 0.338 e. The van der Waals surface area contributed by atoms with Gasteiger partial charge < -0.3 is 14.5 Å². The molecule has 10 heteroatoms. The first-order valence-corrected chi connectivity index (χ1v) is 14.1. The van der Waals surface area contributed by atoms with Crippen LogP contribution in [0.25, 0.3) is 17.4 Å². The third kappa shape index (κ3) is 6.90. The third-order valence-electron chi connectivity index (χ3n) is 6.10. The second kappa shape index (κ2) is 12.4. The van der Waals surface area contributed by atoms with Crippen LogP contribution in [0.1, 0.15) is 34.2 Å². The molecule has 9 nitrogen and oxygen atoms in total. The predicted octanol–water partition coefficient (Wildman–Crippen LogP) is 6.09. The zero-order chi connectivity index (χ0) is 29.6. The molecule has 0 atom stereocenters. The van der Waals surface area contributed by atoms with Gasteiger partial charge in [0.2, 0.25) is 0 Å². The van der Waals surface area contributed by atoms with Crippen molar-refractivity contribution in [2.24, 2.45) is 0 Å². The molecule has 0 radical (unpaired) electrons. The average Bonchev–Trinajstić information content (AvgIpc) is 3.43. The lowest BCUT2D eigenvalue weighted by atomic mass is 10.1. The van der Waals surface area contributed by atoms with E-state index in [0.29, 0.717) is 28.3 Å². The average molecular weight is 570 g/mol. The van der Waals surface area contributed by atoms with Crippen LogP contribution in [0.2, 0.25) is 0 Å². The van der Waals surface area contributed by atoms with Crippen LogP contribution >= 0.6 is 0 Å². The second-order valence-electron chi connectivity index (χ2n) is 9.02. The minimum atomic E-state index is -3.86. The Morgan fingerprint density at radius 2 is 1.61 bits per heavy atom. The molecule has 1 amide bonds. The Balaban J connectivity index is 1.44. The molecule has 41 heavy (non-hydrogen) atoms. The number of nitrogens with zero attached hydrogens (tertiary/aromatic N) is 1. The highest BCUT2D eigenvalue weighted by atomic mass is 32.2. The van der Waals surface area contributed by atoms with Crippen LogP contribution in [0.4, 0.5) is 11.4 Å². The van der Waals surface area contributed by atoms with Crippen LogP contribution in [0.3, 0.4) is 0 Å². The normalized spacial score (nSPS) is 11.4. The molecule has 3 aromatic carbocycles. The van der Waals surface area contributed by atoms with Gasteiger partial charge in [-0.1, -0.05) is 30.3 Å². The van der Waals surface area contributed by atoms with E-state index in [0.717, 1.165) is 11.1 Å². The second-order valence-corrected chi connectivity index (χ2v) is 10.7. The Morgan fingerprint density at radius 1 is 0.951 bits per heavy atom. The highest BCUT2D eigenvalue weighted by molar-refractivity contribution is 7.92. The van der Waals surface area contributed by atoms with Crippen molar-refractivity contribution in [3.63, 3.8) is 0 Å². The van der Waals surface area contributed by atoms with Crippen molar-refractivity contribution >= 4 is 39.4 Å². The summed E-state index contributed by atoms with van der Waals surface area (Å²) in [5, 5.41) is 12.2. The molecule has 1 aromatic heterocycles. The standard InChI is InChI=1S/C31H27N3O6S/c1-4-39-31(36)23-10-8-22(9-11-23)28-17-14-26(40-28)18-24(19-32)30(35)33-25-12-15-27(16-13-25)41(37,38)34-29-20(2)6-5-7-21(29)3/h5-18,34H,4H2,1-3H3,(H,33,35)/b24-18+. The van der Waals surface area contributed by atoms with Gasteiger partial charge >= 0.3 is 5.97 Å². The summed E-state index contributed by atoms with van der Waals surface area (Å²) >= 11 is 0. The van der Waals surface area contributed by atoms with Crippen molar-refractivity contribution < 1.29 is 27.2 Å². The molecule has 0 saturated carbocycles. The van der Waals surface area contributed by atoms with Gasteiger partial charge in [-0.2, -0.15) is 5.26 Å². The molecule has 0 bridgehead atoms. The highest BCUT2D eigenvalue weighted by Crippen LogP contribution is 2.26. The zero-order valence-corrected chi connectivity index (χ0v) is 23.4. The SMILES string of the molecule is CCOC(=O)c1ccc(-c2ccc(/C=C(\C#N)C(=O)Nc3ccc(S(=O)(=O)Nc4c(C)cccc4C)cc3)o2)cc1. The number of hydrogen-bond donors (Lipinski definition) is 2. The predicted molar refractivity (Wildman–Crippen MR) is 155 cm³/mol. The summed E-state index contributed by atoms with van der Waals surface area (Å²) in [6.07, 6.45) is 1.30. The van der Waals surface area contributed by atoms with Crippen molar-refractivity contribution in [2.45, 2.75) is 25.7 Å². The summed E-state index contributed by atoms with van der Waals surface area (Å²) in [5.74, 6) is -0.346. The van der Waals surface area contributed by atoms with E-state index in [4.69, 9.17) is 9.15 Å². The number of benzene rings is 3. The highest BCUT2D eigenvalue weighted by Gasteiger charge is 2.18. The number of esters is 1. The lowest BCUT2D eigenvalue weighted by molar-refractivity contribution is -0.112. The molecule has 0 unspecified atom stereocenters. The number of carbonyl (C=O) groups excluding carboxylic acids is 2. The minimum absolute atomic E-state index is 0.0209. The quantitative estimate of drug-likeness (QED) is 0.141. The number of ether oxygens (including phenoxy) is 1. The largest absolute Gasteiger partial charge is 0.462 e. The molecule has 0 spiro atoms. The van der Waals surface area contributed by atoms with Gasteiger partial charge in [0, 0.05) is 17.3 Å². The van der Waals surface area contributed by atoms with Gasteiger partial charge in [-0.05, 0) is 80.4 Å². The number of carbonyl (C=O) groups is 2. The molecular formula is C31H27N3O6S. The number of rotatable bonds is 9. The van der Waals surface area contributed by atoms with E-state index in [1.807, 2.05) is 38.1 Å². The van der Waals surface area contributed by atoms with Crippen LogP contribution in [-0.4, -0.2) is 26.9 Å². The van der Waals surface area contributed by atoms with Crippen molar-refractivity contribution in [3.8, 4) is 17.4 Å². The van der Waals surface area contributed by atoms with E-state index < -0.39 is 21.9 Å². The molecule has 4 rings (SSSR count). The molecular weight excluding hydrogens is 542 g/mol. The number of amides is 1. The molecule has 208 valence electrons. The first-order valence-electron chi connectivity index (χ1n) is 12.6. The molecule has 0 aliphatic carbocycles. The van der Waals surface area contributed by atoms with Gasteiger partial charge in [0.05, 0.1) is 22.8 Å². The number of anilines is 2. The topological polar surface area (TPSA) is 138 Å². The van der Waals surface area contributed by atoms with Crippen LogP contribution in [0.5, 0.6) is 0 Å². The van der Waals surface area contributed by atoms with Gasteiger partial charge in [-0.15, -0.1) is 0 Å². The molecule has 0 fully saturated rings. The number of hydrogen-bond acceptors (Lipinski definition) is 7. The van der Waals surface area contributed by atoms with Crippen molar-refractivity contribution in [1.82, 2.24) is 0 Å². The number of aryl methyl sites for hydroxylation is 2. The van der Waals surface area contributed by atoms with Crippen molar-refractivity contribution in [3.05, 3.63) is 107 Å². The van der Waals surface area contributed by atoms with E-state index >= 15 is 0 Å². The maximum atomic E-state index is 12.9. The fourth-order valence-electron chi connectivity index (χ4n) is 3.95.